The highest BCUT2D eigenvalue weighted by atomic mass is 16.5. The Morgan fingerprint density at radius 3 is 2.39 bits per heavy atom. The Morgan fingerprint density at radius 1 is 0.889 bits per heavy atom. The summed E-state index contributed by atoms with van der Waals surface area (Å²) in [4.78, 5) is 0. The minimum absolute atomic E-state index is 0.564. The van der Waals surface area contributed by atoms with E-state index in [4.69, 9.17) is 4.74 Å². The van der Waals surface area contributed by atoms with Gasteiger partial charge < -0.3 is 10.1 Å². The van der Waals surface area contributed by atoms with Gasteiger partial charge >= 0.3 is 0 Å². The van der Waals surface area contributed by atoms with Gasteiger partial charge in [0, 0.05) is 6.54 Å². The largest absolute Gasteiger partial charge is 0.377 e. The van der Waals surface area contributed by atoms with E-state index in [0.29, 0.717) is 6.10 Å². The van der Waals surface area contributed by atoms with Gasteiger partial charge in [-0.3, -0.25) is 0 Å². The molecular formula is C16H33NO. The van der Waals surface area contributed by atoms with E-state index < -0.39 is 0 Å². The van der Waals surface area contributed by atoms with Crippen LogP contribution < -0.4 is 5.32 Å². The lowest BCUT2D eigenvalue weighted by atomic mass is 9.98. The van der Waals surface area contributed by atoms with Crippen LogP contribution in [0.1, 0.15) is 77.6 Å². The van der Waals surface area contributed by atoms with Gasteiger partial charge in [0.05, 0.1) is 12.7 Å². The maximum absolute atomic E-state index is 5.88. The molecule has 0 aromatic heterocycles. The van der Waals surface area contributed by atoms with E-state index in [2.05, 4.69) is 12.2 Å². The Balaban J connectivity index is 1.73. The van der Waals surface area contributed by atoms with Gasteiger partial charge in [0.25, 0.3) is 0 Å². The van der Waals surface area contributed by atoms with E-state index in [1.54, 1.807) is 0 Å². The van der Waals surface area contributed by atoms with Crippen LogP contribution in [-0.4, -0.2) is 25.8 Å². The van der Waals surface area contributed by atoms with Crippen molar-refractivity contribution in [1.82, 2.24) is 5.32 Å². The minimum atomic E-state index is 0.564. The van der Waals surface area contributed by atoms with Crippen LogP contribution in [-0.2, 0) is 4.74 Å². The van der Waals surface area contributed by atoms with Crippen molar-refractivity contribution in [2.24, 2.45) is 0 Å². The number of unbranched alkanes of at least 4 members (excludes halogenated alkanes) is 5. The zero-order valence-corrected chi connectivity index (χ0v) is 12.4. The van der Waals surface area contributed by atoms with Gasteiger partial charge in [-0.1, -0.05) is 58.3 Å². The zero-order valence-electron chi connectivity index (χ0n) is 12.4. The van der Waals surface area contributed by atoms with Gasteiger partial charge in [0.15, 0.2) is 0 Å². The topological polar surface area (TPSA) is 21.3 Å². The van der Waals surface area contributed by atoms with Crippen molar-refractivity contribution in [1.29, 1.82) is 0 Å². The first kappa shape index (κ1) is 16.0. The lowest BCUT2D eigenvalue weighted by Crippen LogP contribution is -2.25. The molecule has 1 fully saturated rings. The van der Waals surface area contributed by atoms with E-state index in [1.807, 2.05) is 0 Å². The molecule has 1 aliphatic rings. The summed E-state index contributed by atoms with van der Waals surface area (Å²) in [6.45, 7) is 5.37. The molecule has 0 unspecified atom stereocenters. The van der Waals surface area contributed by atoms with Crippen molar-refractivity contribution in [3.63, 3.8) is 0 Å². The Kier molecular flexibility index (Phi) is 10.6. The van der Waals surface area contributed by atoms with Gasteiger partial charge in [-0.15, -0.1) is 0 Å². The van der Waals surface area contributed by atoms with E-state index >= 15 is 0 Å². The zero-order chi connectivity index (χ0) is 12.9. The summed E-state index contributed by atoms with van der Waals surface area (Å²) in [5.41, 5.74) is 0. The number of hydrogen-bond acceptors (Lipinski definition) is 2. The fraction of sp³-hybridized carbons (Fsp3) is 1.00. The molecule has 0 heterocycles. The normalized spacial score (nSPS) is 17.2. The summed E-state index contributed by atoms with van der Waals surface area (Å²) in [6.07, 6.45) is 15.6. The van der Waals surface area contributed by atoms with Crippen molar-refractivity contribution < 1.29 is 4.74 Å². The molecule has 0 saturated heterocycles. The van der Waals surface area contributed by atoms with Crippen LogP contribution in [0, 0.1) is 0 Å². The van der Waals surface area contributed by atoms with E-state index in [0.717, 1.165) is 13.2 Å². The molecule has 0 atom stereocenters. The number of rotatable bonds is 11. The molecule has 18 heavy (non-hydrogen) atoms. The highest BCUT2D eigenvalue weighted by molar-refractivity contribution is 4.65. The Hall–Kier alpha value is -0.0800. The maximum atomic E-state index is 5.88. The molecule has 0 amide bonds. The Labute approximate surface area is 114 Å². The van der Waals surface area contributed by atoms with Crippen LogP contribution in [0.15, 0.2) is 0 Å². The highest BCUT2D eigenvalue weighted by Gasteiger charge is 2.12. The summed E-state index contributed by atoms with van der Waals surface area (Å²) < 4.78 is 5.88. The lowest BCUT2D eigenvalue weighted by Gasteiger charge is -2.22. The first-order valence-corrected chi connectivity index (χ1v) is 8.26. The van der Waals surface area contributed by atoms with Crippen molar-refractivity contribution >= 4 is 0 Å². The SMILES string of the molecule is CCCCCCCCNCCOC1CCCCC1. The van der Waals surface area contributed by atoms with E-state index in [-0.39, 0.29) is 0 Å². The molecule has 1 N–H and O–H groups in total. The monoisotopic (exact) mass is 255 g/mol. The average Bonchev–Trinajstić information content (AvgIpc) is 2.42. The molecule has 1 saturated carbocycles. The lowest BCUT2D eigenvalue weighted by molar-refractivity contribution is 0.0303. The molecule has 108 valence electrons. The fourth-order valence-electron chi connectivity index (χ4n) is 2.68. The van der Waals surface area contributed by atoms with Crippen LogP contribution in [0.2, 0.25) is 0 Å². The molecule has 1 rings (SSSR count). The third-order valence-electron chi connectivity index (χ3n) is 3.89. The molecule has 0 spiro atoms. The molecule has 0 radical (unpaired) electrons. The smallest absolute Gasteiger partial charge is 0.0594 e. The number of nitrogens with one attached hydrogen (secondary N) is 1. The van der Waals surface area contributed by atoms with Crippen LogP contribution in [0.3, 0.4) is 0 Å². The van der Waals surface area contributed by atoms with Gasteiger partial charge in [-0.2, -0.15) is 0 Å². The predicted molar refractivity (Wildman–Crippen MR) is 79.1 cm³/mol. The van der Waals surface area contributed by atoms with Crippen molar-refractivity contribution in [2.75, 3.05) is 19.7 Å². The Morgan fingerprint density at radius 2 is 1.61 bits per heavy atom. The summed E-state index contributed by atoms with van der Waals surface area (Å²) in [5.74, 6) is 0. The molecule has 2 heteroatoms. The summed E-state index contributed by atoms with van der Waals surface area (Å²) in [6, 6.07) is 0. The first-order chi connectivity index (χ1) is 8.93. The summed E-state index contributed by atoms with van der Waals surface area (Å²) in [7, 11) is 0. The average molecular weight is 255 g/mol. The number of hydrogen-bond donors (Lipinski definition) is 1. The minimum Gasteiger partial charge on any atom is -0.377 e. The van der Waals surface area contributed by atoms with Gasteiger partial charge in [0.1, 0.15) is 0 Å². The van der Waals surface area contributed by atoms with Crippen LogP contribution in [0.5, 0.6) is 0 Å². The number of ether oxygens (including phenoxy) is 1. The van der Waals surface area contributed by atoms with Crippen LogP contribution in [0.25, 0.3) is 0 Å². The van der Waals surface area contributed by atoms with Gasteiger partial charge in [-0.25, -0.2) is 0 Å². The Bertz CT molecular complexity index is 166. The van der Waals surface area contributed by atoms with Gasteiger partial charge in [-0.05, 0) is 25.8 Å². The van der Waals surface area contributed by atoms with Crippen molar-refractivity contribution in [3.8, 4) is 0 Å². The molecule has 0 aromatic rings. The highest BCUT2D eigenvalue weighted by Crippen LogP contribution is 2.19. The quantitative estimate of drug-likeness (QED) is 0.556. The second-order valence-electron chi connectivity index (χ2n) is 5.65. The van der Waals surface area contributed by atoms with Crippen molar-refractivity contribution in [2.45, 2.75) is 83.7 Å². The summed E-state index contributed by atoms with van der Waals surface area (Å²) >= 11 is 0. The molecule has 0 bridgehead atoms. The van der Waals surface area contributed by atoms with Crippen LogP contribution in [0.4, 0.5) is 0 Å². The van der Waals surface area contributed by atoms with Crippen molar-refractivity contribution in [3.05, 3.63) is 0 Å². The maximum Gasteiger partial charge on any atom is 0.0594 e. The van der Waals surface area contributed by atoms with E-state index in [1.165, 1.54) is 77.2 Å². The second-order valence-corrected chi connectivity index (χ2v) is 5.65. The van der Waals surface area contributed by atoms with Gasteiger partial charge in [0.2, 0.25) is 0 Å². The standard InChI is InChI=1S/C16H33NO/c1-2-3-4-5-6-10-13-17-14-15-18-16-11-8-7-9-12-16/h16-17H,2-15H2,1H3. The van der Waals surface area contributed by atoms with Crippen LogP contribution >= 0.6 is 0 Å². The first-order valence-electron chi connectivity index (χ1n) is 8.26. The van der Waals surface area contributed by atoms with E-state index in [9.17, 15) is 0 Å². The molecule has 2 nitrogen and oxygen atoms in total. The second kappa shape index (κ2) is 12.0. The summed E-state index contributed by atoms with van der Waals surface area (Å²) in [5, 5.41) is 3.49. The molecule has 0 aliphatic heterocycles. The molecule has 1 aliphatic carbocycles. The molecule has 0 aromatic carbocycles. The third kappa shape index (κ3) is 8.93. The molecular weight excluding hydrogens is 222 g/mol. The third-order valence-corrected chi connectivity index (χ3v) is 3.89. The predicted octanol–water partition coefficient (Wildman–Crippen LogP) is 4.29. The fourth-order valence-corrected chi connectivity index (χ4v) is 2.68.